The van der Waals surface area contributed by atoms with E-state index in [1.807, 2.05) is 22.2 Å². The van der Waals surface area contributed by atoms with Crippen molar-refractivity contribution in [1.29, 1.82) is 0 Å². The molecule has 0 spiro atoms. The fourth-order valence-corrected chi connectivity index (χ4v) is 3.39. The lowest BCUT2D eigenvalue weighted by Crippen LogP contribution is -2.56. The highest BCUT2D eigenvalue weighted by Crippen LogP contribution is 2.23. The Morgan fingerprint density at radius 1 is 1.45 bits per heavy atom. The highest BCUT2D eigenvalue weighted by Gasteiger charge is 2.35. The minimum atomic E-state index is -0.440. The van der Waals surface area contributed by atoms with Crippen molar-refractivity contribution in [2.45, 2.75) is 31.9 Å². The van der Waals surface area contributed by atoms with Crippen LogP contribution in [-0.2, 0) is 11.2 Å². The lowest BCUT2D eigenvalue weighted by atomic mass is 9.91. The second kappa shape index (κ2) is 5.44. The largest absolute Gasteiger partial charge is 0.391 e. The summed E-state index contributed by atoms with van der Waals surface area (Å²) < 4.78 is 7.39. The van der Waals surface area contributed by atoms with Crippen molar-refractivity contribution in [2.75, 3.05) is 26.3 Å². The van der Waals surface area contributed by atoms with E-state index in [0.717, 1.165) is 37.0 Å². The summed E-state index contributed by atoms with van der Waals surface area (Å²) >= 11 is 1.61. The number of hydrogen-bond donors (Lipinski definition) is 1. The summed E-state index contributed by atoms with van der Waals surface area (Å²) in [6.07, 6.45) is 4.14. The molecule has 2 aromatic rings. The summed E-state index contributed by atoms with van der Waals surface area (Å²) in [6.45, 7) is 7.44. The van der Waals surface area contributed by atoms with Crippen LogP contribution in [0.15, 0.2) is 17.8 Å². The van der Waals surface area contributed by atoms with Gasteiger partial charge in [0.1, 0.15) is 0 Å². The topological polar surface area (TPSA) is 50.0 Å². The molecule has 1 N–H and O–H groups in total. The molecule has 5 nitrogen and oxygen atoms in total. The highest BCUT2D eigenvalue weighted by atomic mass is 32.1. The molecule has 110 valence electrons. The third-order valence-corrected chi connectivity index (χ3v) is 4.96. The van der Waals surface area contributed by atoms with Crippen LogP contribution in [0.25, 0.3) is 4.96 Å². The molecule has 1 aliphatic heterocycles. The van der Waals surface area contributed by atoms with E-state index in [4.69, 9.17) is 4.74 Å². The molecule has 0 aliphatic carbocycles. The first-order chi connectivity index (χ1) is 9.57. The summed E-state index contributed by atoms with van der Waals surface area (Å²) in [7, 11) is 0. The monoisotopic (exact) mass is 295 g/mol. The lowest BCUT2D eigenvalue weighted by molar-refractivity contribution is -0.0614. The Bertz CT molecular complexity index is 543. The smallest absolute Gasteiger partial charge is 0.193 e. The molecule has 1 atom stereocenters. The van der Waals surface area contributed by atoms with Crippen molar-refractivity contribution in [3.05, 3.63) is 23.5 Å². The van der Waals surface area contributed by atoms with Gasteiger partial charge in [-0.2, -0.15) is 0 Å². The lowest BCUT2D eigenvalue weighted by Gasteiger charge is -2.43. The van der Waals surface area contributed by atoms with Crippen LogP contribution in [0.2, 0.25) is 0 Å². The zero-order chi connectivity index (χ0) is 14.2. The summed E-state index contributed by atoms with van der Waals surface area (Å²) in [5.41, 5.74) is 0.687. The minimum absolute atomic E-state index is 0.263. The average molecular weight is 295 g/mol. The van der Waals surface area contributed by atoms with Crippen LogP contribution < -0.4 is 0 Å². The first kappa shape index (κ1) is 14.0. The number of ether oxygens (including phenoxy) is 1. The summed E-state index contributed by atoms with van der Waals surface area (Å²) in [5.74, 6) is 0. The maximum absolute atomic E-state index is 10.6. The van der Waals surface area contributed by atoms with E-state index in [9.17, 15) is 5.11 Å². The predicted molar refractivity (Wildman–Crippen MR) is 79.3 cm³/mol. The normalized spacial score (nSPS) is 19.6. The quantitative estimate of drug-likeness (QED) is 0.926. The highest BCUT2D eigenvalue weighted by molar-refractivity contribution is 7.15. The van der Waals surface area contributed by atoms with Gasteiger partial charge in [-0.3, -0.25) is 9.30 Å². The van der Waals surface area contributed by atoms with Gasteiger partial charge in [-0.05, 0) is 13.8 Å². The molecule has 0 radical (unpaired) electrons. The maximum atomic E-state index is 10.6. The molecule has 0 aromatic carbocycles. The van der Waals surface area contributed by atoms with Crippen LogP contribution in [0, 0.1) is 0 Å². The number of fused-ring (bicyclic) bond motifs is 1. The van der Waals surface area contributed by atoms with E-state index in [0.29, 0.717) is 6.42 Å². The van der Waals surface area contributed by atoms with Gasteiger partial charge in [0.05, 0.1) is 25.0 Å². The average Bonchev–Trinajstić information content (AvgIpc) is 3.00. The molecule has 3 heterocycles. The van der Waals surface area contributed by atoms with Gasteiger partial charge >= 0.3 is 0 Å². The molecule has 0 bridgehead atoms. The zero-order valence-electron chi connectivity index (χ0n) is 12.0. The second-order valence-electron chi connectivity index (χ2n) is 5.80. The molecule has 1 fully saturated rings. The van der Waals surface area contributed by atoms with E-state index in [1.54, 1.807) is 11.3 Å². The van der Waals surface area contributed by atoms with E-state index in [1.165, 1.54) is 0 Å². The number of thiazole rings is 1. The zero-order valence-corrected chi connectivity index (χ0v) is 12.8. The number of aliphatic hydroxyl groups is 1. The van der Waals surface area contributed by atoms with Gasteiger partial charge in [0.15, 0.2) is 4.96 Å². The van der Waals surface area contributed by atoms with Gasteiger partial charge in [-0.15, -0.1) is 11.3 Å². The molecule has 6 heteroatoms. The van der Waals surface area contributed by atoms with Gasteiger partial charge in [-0.1, -0.05) is 0 Å². The number of aromatic nitrogens is 2. The Balaban J connectivity index is 1.70. The Morgan fingerprint density at radius 2 is 2.20 bits per heavy atom. The second-order valence-corrected chi connectivity index (χ2v) is 6.67. The van der Waals surface area contributed by atoms with E-state index < -0.39 is 6.10 Å². The molecule has 1 saturated heterocycles. The van der Waals surface area contributed by atoms with Gasteiger partial charge < -0.3 is 9.84 Å². The van der Waals surface area contributed by atoms with Crippen LogP contribution in [0.4, 0.5) is 0 Å². The van der Waals surface area contributed by atoms with Crippen molar-refractivity contribution in [1.82, 2.24) is 14.3 Å². The minimum Gasteiger partial charge on any atom is -0.391 e. The molecule has 1 aliphatic rings. The van der Waals surface area contributed by atoms with Crippen LogP contribution in [0.5, 0.6) is 0 Å². The van der Waals surface area contributed by atoms with Crippen molar-refractivity contribution >= 4 is 16.3 Å². The number of nitrogens with zero attached hydrogens (tertiary/aromatic N) is 3. The number of hydrogen-bond acceptors (Lipinski definition) is 5. The molecule has 3 rings (SSSR count). The van der Waals surface area contributed by atoms with Gasteiger partial charge in [0, 0.05) is 42.8 Å². The Hall–Kier alpha value is -0.950. The van der Waals surface area contributed by atoms with Gasteiger partial charge in [0.25, 0.3) is 0 Å². The Kier molecular flexibility index (Phi) is 3.81. The third kappa shape index (κ3) is 2.61. The van der Waals surface area contributed by atoms with E-state index >= 15 is 0 Å². The molecule has 2 aromatic heterocycles. The molecular formula is C14H21N3O2S. The van der Waals surface area contributed by atoms with Crippen LogP contribution >= 0.6 is 11.3 Å². The van der Waals surface area contributed by atoms with Gasteiger partial charge in [0.2, 0.25) is 0 Å². The summed E-state index contributed by atoms with van der Waals surface area (Å²) in [6, 6.07) is 0. The third-order valence-electron chi connectivity index (χ3n) is 4.19. The van der Waals surface area contributed by atoms with E-state index in [-0.39, 0.29) is 5.54 Å². The number of imidazole rings is 1. The molecular weight excluding hydrogens is 274 g/mol. The van der Waals surface area contributed by atoms with Crippen molar-refractivity contribution in [2.24, 2.45) is 0 Å². The number of rotatable bonds is 4. The van der Waals surface area contributed by atoms with E-state index in [2.05, 4.69) is 23.7 Å². The SMILES string of the molecule is CC(C)(C(O)Cc1cn2ccsc2n1)N1CCOCC1. The Morgan fingerprint density at radius 3 is 2.90 bits per heavy atom. The first-order valence-corrected chi connectivity index (χ1v) is 7.87. The summed E-state index contributed by atoms with van der Waals surface area (Å²) in [5, 5.41) is 12.6. The predicted octanol–water partition coefficient (Wildman–Crippen LogP) is 1.41. The molecule has 0 saturated carbocycles. The van der Waals surface area contributed by atoms with Crippen molar-refractivity contribution in [3.63, 3.8) is 0 Å². The fraction of sp³-hybridized carbons (Fsp3) is 0.643. The molecule has 0 amide bonds. The maximum Gasteiger partial charge on any atom is 0.193 e. The molecule has 20 heavy (non-hydrogen) atoms. The molecule has 1 unspecified atom stereocenters. The summed E-state index contributed by atoms with van der Waals surface area (Å²) in [4.78, 5) is 7.84. The van der Waals surface area contributed by atoms with Crippen LogP contribution in [0.1, 0.15) is 19.5 Å². The first-order valence-electron chi connectivity index (χ1n) is 6.99. The number of morpholine rings is 1. The Labute approximate surface area is 122 Å². The van der Waals surface area contributed by atoms with Crippen LogP contribution in [0.3, 0.4) is 0 Å². The fourth-order valence-electron chi connectivity index (χ4n) is 2.67. The van der Waals surface area contributed by atoms with Crippen molar-refractivity contribution in [3.8, 4) is 0 Å². The standard InChI is InChI=1S/C14H21N3O2S/c1-14(2,17-3-6-19-7-4-17)12(18)9-11-10-16-5-8-20-13(16)15-11/h5,8,10,12,18H,3-4,6-7,9H2,1-2H3. The van der Waals surface area contributed by atoms with Crippen molar-refractivity contribution < 1.29 is 9.84 Å². The number of aliphatic hydroxyl groups excluding tert-OH is 1. The van der Waals surface area contributed by atoms with Gasteiger partial charge in [-0.25, -0.2) is 4.98 Å². The van der Waals surface area contributed by atoms with Crippen LogP contribution in [-0.4, -0.2) is 57.3 Å².